The van der Waals surface area contributed by atoms with Crippen molar-refractivity contribution in [2.75, 3.05) is 18.0 Å². The number of para-hydroxylation sites is 1. The molecule has 2 aromatic carbocycles. The summed E-state index contributed by atoms with van der Waals surface area (Å²) in [5.41, 5.74) is 8.13. The first-order chi connectivity index (χ1) is 9.20. The van der Waals surface area contributed by atoms with Gasteiger partial charge in [-0.1, -0.05) is 30.3 Å². The van der Waals surface area contributed by atoms with Crippen LogP contribution < -0.4 is 10.6 Å². The van der Waals surface area contributed by atoms with Crippen molar-refractivity contribution in [2.24, 2.45) is 5.73 Å². The maximum absolute atomic E-state index is 13.2. The number of rotatable bonds is 5. The van der Waals surface area contributed by atoms with E-state index in [0.717, 1.165) is 17.8 Å². The number of nitrogens with zero attached hydrogens (tertiary/aromatic N) is 1. The van der Waals surface area contributed by atoms with Crippen LogP contribution in [0.15, 0.2) is 54.6 Å². The molecule has 2 nitrogen and oxygen atoms in total. The molecule has 0 radical (unpaired) electrons. The quantitative estimate of drug-likeness (QED) is 0.891. The number of hydrogen-bond donors (Lipinski definition) is 1. The summed E-state index contributed by atoms with van der Waals surface area (Å²) in [6, 6.07) is 16.4. The Morgan fingerprint density at radius 3 is 2.47 bits per heavy atom. The molecular formula is C16H19FN2. The van der Waals surface area contributed by atoms with Gasteiger partial charge >= 0.3 is 0 Å². The van der Waals surface area contributed by atoms with Gasteiger partial charge in [0, 0.05) is 24.8 Å². The molecule has 0 spiro atoms. The predicted molar refractivity (Wildman–Crippen MR) is 77.7 cm³/mol. The second kappa shape index (κ2) is 6.34. The van der Waals surface area contributed by atoms with Gasteiger partial charge in [0.2, 0.25) is 0 Å². The molecule has 2 rings (SSSR count). The largest absolute Gasteiger partial charge is 0.370 e. The van der Waals surface area contributed by atoms with Gasteiger partial charge in [0.25, 0.3) is 0 Å². The van der Waals surface area contributed by atoms with Crippen LogP contribution in [-0.2, 0) is 0 Å². The first-order valence-electron chi connectivity index (χ1n) is 6.51. The maximum Gasteiger partial charge on any atom is 0.123 e. The Kier molecular flexibility index (Phi) is 4.53. The lowest BCUT2D eigenvalue weighted by Crippen LogP contribution is -2.32. The van der Waals surface area contributed by atoms with Crippen LogP contribution >= 0.6 is 0 Å². The predicted octanol–water partition coefficient (Wildman–Crippen LogP) is 3.35. The minimum absolute atomic E-state index is 0.198. The van der Waals surface area contributed by atoms with Crippen molar-refractivity contribution >= 4 is 5.69 Å². The fraction of sp³-hybridized carbons (Fsp3) is 0.250. The summed E-state index contributed by atoms with van der Waals surface area (Å²) in [4.78, 5) is 2.19. The summed E-state index contributed by atoms with van der Waals surface area (Å²) in [7, 11) is 0. The van der Waals surface area contributed by atoms with E-state index in [4.69, 9.17) is 5.73 Å². The van der Waals surface area contributed by atoms with Gasteiger partial charge in [-0.3, -0.25) is 0 Å². The third-order valence-corrected chi connectivity index (χ3v) is 3.20. The monoisotopic (exact) mass is 258 g/mol. The SMILES string of the molecule is CCN(CC(N)c1cccc(F)c1)c1ccccc1. The van der Waals surface area contributed by atoms with Crippen molar-refractivity contribution < 1.29 is 4.39 Å². The lowest BCUT2D eigenvalue weighted by atomic mass is 10.1. The fourth-order valence-corrected chi connectivity index (χ4v) is 2.14. The van der Waals surface area contributed by atoms with Crippen LogP contribution in [0, 0.1) is 5.82 Å². The normalized spacial score (nSPS) is 12.2. The van der Waals surface area contributed by atoms with Gasteiger partial charge in [-0.05, 0) is 36.8 Å². The van der Waals surface area contributed by atoms with Gasteiger partial charge in [0.15, 0.2) is 0 Å². The van der Waals surface area contributed by atoms with Gasteiger partial charge in [0.05, 0.1) is 0 Å². The zero-order chi connectivity index (χ0) is 13.7. The van der Waals surface area contributed by atoms with Crippen molar-refractivity contribution in [3.63, 3.8) is 0 Å². The molecule has 0 amide bonds. The van der Waals surface area contributed by atoms with Gasteiger partial charge in [-0.2, -0.15) is 0 Å². The average molecular weight is 258 g/mol. The Morgan fingerprint density at radius 2 is 1.84 bits per heavy atom. The zero-order valence-electron chi connectivity index (χ0n) is 11.1. The van der Waals surface area contributed by atoms with E-state index in [1.165, 1.54) is 12.1 Å². The maximum atomic E-state index is 13.2. The van der Waals surface area contributed by atoms with Crippen molar-refractivity contribution in [2.45, 2.75) is 13.0 Å². The summed E-state index contributed by atoms with van der Waals surface area (Å²) >= 11 is 0. The molecule has 19 heavy (non-hydrogen) atoms. The molecule has 0 aliphatic carbocycles. The highest BCUT2D eigenvalue weighted by Gasteiger charge is 2.12. The number of anilines is 1. The molecule has 0 bridgehead atoms. The van der Waals surface area contributed by atoms with Crippen LogP contribution in [0.4, 0.5) is 10.1 Å². The van der Waals surface area contributed by atoms with Gasteiger partial charge in [-0.25, -0.2) is 4.39 Å². The zero-order valence-corrected chi connectivity index (χ0v) is 11.1. The minimum atomic E-state index is -0.240. The standard InChI is InChI=1S/C16H19FN2/c1-2-19(15-9-4-3-5-10-15)12-16(18)13-7-6-8-14(17)11-13/h3-11,16H,2,12,18H2,1H3. The summed E-state index contributed by atoms with van der Waals surface area (Å²) in [5.74, 6) is -0.240. The van der Waals surface area contributed by atoms with Crippen LogP contribution in [0.3, 0.4) is 0 Å². The fourth-order valence-electron chi connectivity index (χ4n) is 2.14. The van der Waals surface area contributed by atoms with Crippen molar-refractivity contribution in [1.29, 1.82) is 0 Å². The van der Waals surface area contributed by atoms with Crippen LogP contribution in [0.1, 0.15) is 18.5 Å². The van der Waals surface area contributed by atoms with E-state index >= 15 is 0 Å². The van der Waals surface area contributed by atoms with Gasteiger partial charge < -0.3 is 10.6 Å². The summed E-state index contributed by atoms with van der Waals surface area (Å²) in [6.45, 7) is 3.63. The Morgan fingerprint density at radius 1 is 1.11 bits per heavy atom. The molecule has 2 aromatic rings. The molecule has 0 saturated carbocycles. The van der Waals surface area contributed by atoms with E-state index in [-0.39, 0.29) is 11.9 Å². The molecule has 1 atom stereocenters. The second-order valence-corrected chi connectivity index (χ2v) is 4.54. The lowest BCUT2D eigenvalue weighted by molar-refractivity contribution is 0.616. The number of halogens is 1. The molecule has 0 fully saturated rings. The van der Waals surface area contributed by atoms with E-state index in [1.54, 1.807) is 6.07 Å². The van der Waals surface area contributed by atoms with Crippen molar-refractivity contribution in [1.82, 2.24) is 0 Å². The Hall–Kier alpha value is -1.87. The average Bonchev–Trinajstić information content (AvgIpc) is 2.45. The molecule has 0 aliphatic rings. The third-order valence-electron chi connectivity index (χ3n) is 3.20. The highest BCUT2D eigenvalue weighted by atomic mass is 19.1. The van der Waals surface area contributed by atoms with Crippen molar-refractivity contribution in [3.8, 4) is 0 Å². The molecule has 100 valence electrons. The van der Waals surface area contributed by atoms with E-state index in [2.05, 4.69) is 24.0 Å². The van der Waals surface area contributed by atoms with E-state index in [0.29, 0.717) is 6.54 Å². The number of likely N-dealkylation sites (N-methyl/N-ethyl adjacent to an activating group) is 1. The van der Waals surface area contributed by atoms with Crippen LogP contribution in [0.25, 0.3) is 0 Å². The number of nitrogens with two attached hydrogens (primary N) is 1. The summed E-state index contributed by atoms with van der Waals surface area (Å²) < 4.78 is 13.2. The minimum Gasteiger partial charge on any atom is -0.370 e. The van der Waals surface area contributed by atoms with E-state index in [9.17, 15) is 4.39 Å². The van der Waals surface area contributed by atoms with Gasteiger partial charge in [0.1, 0.15) is 5.82 Å². The molecule has 0 heterocycles. The number of hydrogen-bond acceptors (Lipinski definition) is 2. The smallest absolute Gasteiger partial charge is 0.123 e. The Balaban J connectivity index is 2.10. The summed E-state index contributed by atoms with van der Waals surface area (Å²) in [5, 5.41) is 0. The molecule has 3 heteroatoms. The summed E-state index contributed by atoms with van der Waals surface area (Å²) in [6.07, 6.45) is 0. The first kappa shape index (κ1) is 13.6. The first-order valence-corrected chi connectivity index (χ1v) is 6.51. The molecule has 2 N–H and O–H groups in total. The van der Waals surface area contributed by atoms with E-state index < -0.39 is 0 Å². The van der Waals surface area contributed by atoms with Gasteiger partial charge in [-0.15, -0.1) is 0 Å². The lowest BCUT2D eigenvalue weighted by Gasteiger charge is -2.26. The van der Waals surface area contributed by atoms with Crippen LogP contribution in [0.2, 0.25) is 0 Å². The highest BCUT2D eigenvalue weighted by molar-refractivity contribution is 5.46. The Bertz CT molecular complexity index is 513. The number of benzene rings is 2. The highest BCUT2D eigenvalue weighted by Crippen LogP contribution is 2.18. The van der Waals surface area contributed by atoms with E-state index in [1.807, 2.05) is 24.3 Å². The molecule has 0 aromatic heterocycles. The topological polar surface area (TPSA) is 29.3 Å². The van der Waals surface area contributed by atoms with Crippen LogP contribution in [0.5, 0.6) is 0 Å². The molecule has 1 unspecified atom stereocenters. The molecule has 0 aliphatic heterocycles. The second-order valence-electron chi connectivity index (χ2n) is 4.54. The Labute approximate surface area is 113 Å². The molecular weight excluding hydrogens is 239 g/mol. The van der Waals surface area contributed by atoms with Crippen molar-refractivity contribution in [3.05, 3.63) is 66.0 Å². The molecule has 0 saturated heterocycles. The third kappa shape index (κ3) is 3.55. The van der Waals surface area contributed by atoms with Crippen LogP contribution in [-0.4, -0.2) is 13.1 Å².